The number of hydrogen-bond acceptors (Lipinski definition) is 2. The van der Waals surface area contributed by atoms with Crippen LogP contribution in [0.1, 0.15) is 5.56 Å². The Morgan fingerprint density at radius 2 is 2.00 bits per heavy atom. The zero-order valence-electron chi connectivity index (χ0n) is 6.62. The third-order valence-corrected chi connectivity index (χ3v) is 2.03. The Morgan fingerprint density at radius 1 is 1.42 bits per heavy atom. The summed E-state index contributed by atoms with van der Waals surface area (Å²) in [5.74, 6) is 0. The second kappa shape index (κ2) is 3.57. The van der Waals surface area contributed by atoms with E-state index in [9.17, 15) is 0 Å². The highest BCUT2D eigenvalue weighted by Crippen LogP contribution is 2.28. The molecule has 12 heavy (non-hydrogen) atoms. The molecule has 1 aromatic rings. The topological polar surface area (TPSA) is 33.0 Å². The summed E-state index contributed by atoms with van der Waals surface area (Å²) in [5.41, 5.74) is 0.650. The lowest BCUT2D eigenvalue weighted by molar-refractivity contribution is 0.110. The highest BCUT2D eigenvalue weighted by molar-refractivity contribution is 6.24. The van der Waals surface area contributed by atoms with E-state index in [1.54, 1.807) is 12.1 Å². The molecule has 0 heterocycles. The van der Waals surface area contributed by atoms with Gasteiger partial charge < -0.3 is 4.74 Å². The number of alkyl halides is 1. The average Bonchev–Trinajstić information content (AvgIpc) is 2.18. The molecule has 62 valence electrons. The SMILES string of the molecule is COC(Cl)(C#N)c1ccccc1. The van der Waals surface area contributed by atoms with Gasteiger partial charge in [-0.2, -0.15) is 5.26 Å². The number of rotatable bonds is 2. The molecule has 1 unspecified atom stereocenters. The highest BCUT2D eigenvalue weighted by atomic mass is 35.5. The highest BCUT2D eigenvalue weighted by Gasteiger charge is 2.28. The number of halogens is 1. The first-order valence-corrected chi connectivity index (χ1v) is 3.81. The van der Waals surface area contributed by atoms with Gasteiger partial charge in [0.1, 0.15) is 6.07 Å². The molecule has 1 atom stereocenters. The summed E-state index contributed by atoms with van der Waals surface area (Å²) in [5, 5.41) is 7.39. The predicted molar refractivity (Wildman–Crippen MR) is 46.6 cm³/mol. The quantitative estimate of drug-likeness (QED) is 0.656. The van der Waals surface area contributed by atoms with Crippen LogP contribution in [0, 0.1) is 11.3 Å². The van der Waals surface area contributed by atoms with Crippen LogP contribution in [0.4, 0.5) is 0 Å². The third-order valence-electron chi connectivity index (χ3n) is 1.57. The Hall–Kier alpha value is -1.04. The van der Waals surface area contributed by atoms with E-state index in [-0.39, 0.29) is 0 Å². The Labute approximate surface area is 76.3 Å². The molecular formula is C9H8ClNO. The van der Waals surface area contributed by atoms with Crippen LogP contribution in [0.3, 0.4) is 0 Å². The van der Waals surface area contributed by atoms with Crippen molar-refractivity contribution in [3.63, 3.8) is 0 Å². The zero-order chi connectivity index (χ0) is 9.03. The van der Waals surface area contributed by atoms with Crippen LogP contribution in [0.2, 0.25) is 0 Å². The van der Waals surface area contributed by atoms with Crippen molar-refractivity contribution in [1.29, 1.82) is 5.26 Å². The molecule has 0 fully saturated rings. The van der Waals surface area contributed by atoms with Gasteiger partial charge in [0.2, 0.25) is 0 Å². The average molecular weight is 182 g/mol. The first-order valence-electron chi connectivity index (χ1n) is 3.44. The maximum absolute atomic E-state index is 8.73. The van der Waals surface area contributed by atoms with Crippen molar-refractivity contribution in [3.05, 3.63) is 35.9 Å². The van der Waals surface area contributed by atoms with Crippen molar-refractivity contribution < 1.29 is 4.74 Å². The van der Waals surface area contributed by atoms with Crippen LogP contribution < -0.4 is 0 Å². The lowest BCUT2D eigenvalue weighted by atomic mass is 10.1. The molecule has 0 aliphatic rings. The van der Waals surface area contributed by atoms with Gasteiger partial charge in [-0.05, 0) is 0 Å². The maximum Gasteiger partial charge on any atom is 0.255 e. The van der Waals surface area contributed by atoms with Crippen LogP contribution in [-0.2, 0) is 9.80 Å². The molecule has 0 bridgehead atoms. The van der Waals surface area contributed by atoms with Crippen LogP contribution in [0.5, 0.6) is 0 Å². The zero-order valence-corrected chi connectivity index (χ0v) is 7.38. The number of nitriles is 1. The Bertz CT molecular complexity index is 293. The molecule has 3 heteroatoms. The summed E-state index contributed by atoms with van der Waals surface area (Å²) in [6, 6.07) is 10.9. The molecule has 0 amide bonds. The molecule has 0 aliphatic carbocycles. The summed E-state index contributed by atoms with van der Waals surface area (Å²) in [4.78, 5) is 0. The molecule has 2 nitrogen and oxygen atoms in total. The van der Waals surface area contributed by atoms with E-state index in [0.29, 0.717) is 5.56 Å². The van der Waals surface area contributed by atoms with E-state index in [1.165, 1.54) is 7.11 Å². The van der Waals surface area contributed by atoms with Gasteiger partial charge in [-0.25, -0.2) is 0 Å². The van der Waals surface area contributed by atoms with Crippen molar-refractivity contribution in [2.24, 2.45) is 0 Å². The minimum Gasteiger partial charge on any atom is -0.347 e. The van der Waals surface area contributed by atoms with E-state index in [1.807, 2.05) is 24.3 Å². The number of nitrogens with zero attached hydrogens (tertiary/aromatic N) is 1. The third kappa shape index (κ3) is 1.58. The Morgan fingerprint density at radius 3 is 2.42 bits per heavy atom. The van der Waals surface area contributed by atoms with Crippen LogP contribution in [0.15, 0.2) is 30.3 Å². The lowest BCUT2D eigenvalue weighted by Crippen LogP contribution is -2.18. The monoisotopic (exact) mass is 181 g/mol. The molecule has 0 aliphatic heterocycles. The van der Waals surface area contributed by atoms with Gasteiger partial charge in [-0.1, -0.05) is 41.9 Å². The number of ether oxygens (including phenoxy) is 1. The fourth-order valence-corrected chi connectivity index (χ4v) is 1.01. The summed E-state index contributed by atoms with van der Waals surface area (Å²) in [6.45, 7) is 0. The van der Waals surface area contributed by atoms with E-state index >= 15 is 0 Å². The van der Waals surface area contributed by atoms with Gasteiger partial charge in [0.15, 0.2) is 0 Å². The van der Waals surface area contributed by atoms with Crippen LogP contribution in [-0.4, -0.2) is 7.11 Å². The van der Waals surface area contributed by atoms with Gasteiger partial charge in [-0.15, -0.1) is 0 Å². The first-order chi connectivity index (χ1) is 5.73. The summed E-state index contributed by atoms with van der Waals surface area (Å²) in [6.07, 6.45) is 0. The standard InChI is InChI=1S/C9H8ClNO/c1-12-9(10,7-11)8-5-3-2-4-6-8/h2-6H,1H3. The van der Waals surface area contributed by atoms with Crippen molar-refractivity contribution in [2.45, 2.75) is 5.06 Å². The van der Waals surface area contributed by atoms with E-state index in [2.05, 4.69) is 0 Å². The van der Waals surface area contributed by atoms with Gasteiger partial charge in [0, 0.05) is 12.7 Å². The lowest BCUT2D eigenvalue weighted by Gasteiger charge is -2.16. The summed E-state index contributed by atoms with van der Waals surface area (Å²) < 4.78 is 4.88. The second-order valence-corrected chi connectivity index (χ2v) is 2.81. The van der Waals surface area contributed by atoms with Gasteiger partial charge in [0.25, 0.3) is 5.06 Å². The smallest absolute Gasteiger partial charge is 0.255 e. The van der Waals surface area contributed by atoms with Crippen molar-refractivity contribution >= 4 is 11.6 Å². The molecule has 0 saturated heterocycles. The van der Waals surface area contributed by atoms with Gasteiger partial charge in [-0.3, -0.25) is 0 Å². The Kier molecular flexibility index (Phi) is 2.69. The van der Waals surface area contributed by atoms with E-state index in [0.717, 1.165) is 0 Å². The van der Waals surface area contributed by atoms with Crippen molar-refractivity contribution in [3.8, 4) is 6.07 Å². The predicted octanol–water partition coefficient (Wildman–Crippen LogP) is 2.25. The molecule has 0 aromatic heterocycles. The molecule has 0 radical (unpaired) electrons. The Balaban J connectivity index is 3.06. The molecule has 0 N–H and O–H groups in total. The van der Waals surface area contributed by atoms with E-state index < -0.39 is 5.06 Å². The summed E-state index contributed by atoms with van der Waals surface area (Å²) in [7, 11) is 1.41. The van der Waals surface area contributed by atoms with Crippen molar-refractivity contribution in [2.75, 3.05) is 7.11 Å². The fourth-order valence-electron chi connectivity index (χ4n) is 0.881. The largest absolute Gasteiger partial charge is 0.347 e. The van der Waals surface area contributed by atoms with E-state index in [4.69, 9.17) is 21.6 Å². The van der Waals surface area contributed by atoms with Gasteiger partial charge in [0.05, 0.1) is 0 Å². The molecule has 1 aromatic carbocycles. The summed E-state index contributed by atoms with van der Waals surface area (Å²) >= 11 is 5.85. The maximum atomic E-state index is 8.73. The van der Waals surface area contributed by atoms with Crippen LogP contribution >= 0.6 is 11.6 Å². The molecule has 1 rings (SSSR count). The first kappa shape index (κ1) is 9.05. The minimum absolute atomic E-state index is 0.650. The molecule has 0 saturated carbocycles. The second-order valence-electron chi connectivity index (χ2n) is 2.28. The van der Waals surface area contributed by atoms with Gasteiger partial charge >= 0.3 is 0 Å². The normalized spacial score (nSPS) is 14.8. The number of methoxy groups -OCH3 is 1. The fraction of sp³-hybridized carbons (Fsp3) is 0.222. The van der Waals surface area contributed by atoms with Crippen LogP contribution in [0.25, 0.3) is 0 Å². The number of hydrogen-bond donors (Lipinski definition) is 0. The van der Waals surface area contributed by atoms with Crippen molar-refractivity contribution in [1.82, 2.24) is 0 Å². The molecular weight excluding hydrogens is 174 g/mol. The minimum atomic E-state index is -1.35. The number of benzene rings is 1. The molecule has 0 spiro atoms.